The van der Waals surface area contributed by atoms with Gasteiger partial charge in [0.05, 0.1) is 16.8 Å². The molecule has 3 rings (SSSR count). The van der Waals surface area contributed by atoms with Crippen LogP contribution in [0.1, 0.15) is 36.6 Å². The maximum Gasteiger partial charge on any atom is 0.224 e. The van der Waals surface area contributed by atoms with E-state index >= 15 is 0 Å². The second kappa shape index (κ2) is 6.68. The van der Waals surface area contributed by atoms with E-state index in [1.807, 2.05) is 19.1 Å². The lowest BCUT2D eigenvalue weighted by molar-refractivity contribution is -0.123. The molecule has 0 unspecified atom stereocenters. The number of carbonyl (C=O) groups excluding carboxylic acids is 1. The summed E-state index contributed by atoms with van der Waals surface area (Å²) in [6.07, 6.45) is 2.38. The van der Waals surface area contributed by atoms with Crippen molar-refractivity contribution in [1.29, 1.82) is 0 Å². The zero-order valence-corrected chi connectivity index (χ0v) is 14.7. The maximum atomic E-state index is 12.4. The Kier molecular flexibility index (Phi) is 4.81. The van der Waals surface area contributed by atoms with E-state index in [4.69, 9.17) is 34.8 Å². The molecule has 0 radical (unpaired) electrons. The minimum Gasteiger partial charge on any atom is -0.348 e. The van der Waals surface area contributed by atoms with Crippen LogP contribution in [-0.4, -0.2) is 10.9 Å². The Morgan fingerprint density at radius 2 is 1.96 bits per heavy atom. The Balaban J connectivity index is 1.63. The highest BCUT2D eigenvalue weighted by molar-refractivity contribution is 6.35. The zero-order chi connectivity index (χ0) is 16.6. The predicted octanol–water partition coefficient (Wildman–Crippen LogP) is 5.02. The van der Waals surface area contributed by atoms with E-state index < -0.39 is 0 Å². The van der Waals surface area contributed by atoms with Gasteiger partial charge in [0, 0.05) is 22.2 Å². The summed E-state index contributed by atoms with van der Waals surface area (Å²) in [5.74, 6) is 0.124. The van der Waals surface area contributed by atoms with Crippen LogP contribution in [0, 0.1) is 5.92 Å². The molecular formula is C17H15Cl3N2O. The normalized spacial score (nSPS) is 20.9. The first-order chi connectivity index (χ1) is 11.0. The molecule has 0 saturated heterocycles. The fraction of sp³-hybridized carbons (Fsp3) is 0.294. The van der Waals surface area contributed by atoms with Gasteiger partial charge >= 0.3 is 0 Å². The standard InChI is InChI=1S/C17H15Cl3N2O/c1-9(16-5-3-11(19)8-21-16)22-17(23)14-7-13(14)12-4-2-10(18)6-15(12)20/h2-6,8-9,13-14H,7H2,1H3,(H,22,23)/t9-,13-,14-/m1/s1. The molecule has 3 atom stereocenters. The summed E-state index contributed by atoms with van der Waals surface area (Å²) in [5.41, 5.74) is 1.76. The Labute approximate surface area is 150 Å². The van der Waals surface area contributed by atoms with Gasteiger partial charge in [-0.1, -0.05) is 40.9 Å². The lowest BCUT2D eigenvalue weighted by Crippen LogP contribution is -2.28. The number of pyridine rings is 1. The molecule has 1 N–H and O–H groups in total. The van der Waals surface area contributed by atoms with Crippen LogP contribution in [0.4, 0.5) is 0 Å². The number of amides is 1. The van der Waals surface area contributed by atoms with Gasteiger partial charge in [0.25, 0.3) is 0 Å². The van der Waals surface area contributed by atoms with Crippen molar-refractivity contribution < 1.29 is 4.79 Å². The molecule has 0 spiro atoms. The molecule has 0 bridgehead atoms. The molecule has 1 fully saturated rings. The van der Waals surface area contributed by atoms with Crippen molar-refractivity contribution in [1.82, 2.24) is 10.3 Å². The Morgan fingerprint density at radius 1 is 1.22 bits per heavy atom. The SMILES string of the molecule is C[C@@H](NC(=O)[C@@H]1C[C@@H]1c1ccc(Cl)cc1Cl)c1ccc(Cl)cn1. The monoisotopic (exact) mass is 368 g/mol. The molecule has 1 saturated carbocycles. The van der Waals surface area contributed by atoms with E-state index in [9.17, 15) is 4.79 Å². The summed E-state index contributed by atoms with van der Waals surface area (Å²) in [4.78, 5) is 16.6. The summed E-state index contributed by atoms with van der Waals surface area (Å²) in [7, 11) is 0. The maximum absolute atomic E-state index is 12.4. The van der Waals surface area contributed by atoms with Crippen LogP contribution in [0.2, 0.25) is 15.1 Å². The fourth-order valence-electron chi connectivity index (χ4n) is 2.67. The molecule has 0 aliphatic heterocycles. The number of hydrogen-bond acceptors (Lipinski definition) is 2. The molecule has 3 nitrogen and oxygen atoms in total. The zero-order valence-electron chi connectivity index (χ0n) is 12.4. The Hall–Kier alpha value is -1.29. The van der Waals surface area contributed by atoms with Crippen LogP contribution < -0.4 is 5.32 Å². The third-order valence-corrected chi connectivity index (χ3v) is 4.83. The molecule has 1 aromatic heterocycles. The molecule has 6 heteroatoms. The number of nitrogens with zero attached hydrogens (tertiary/aromatic N) is 1. The lowest BCUT2D eigenvalue weighted by Gasteiger charge is -2.13. The van der Waals surface area contributed by atoms with E-state index in [1.54, 1.807) is 24.4 Å². The smallest absolute Gasteiger partial charge is 0.224 e. The van der Waals surface area contributed by atoms with Crippen LogP contribution >= 0.6 is 34.8 Å². The summed E-state index contributed by atoms with van der Waals surface area (Å²) < 4.78 is 0. The average Bonchev–Trinajstić information content (AvgIpc) is 3.28. The first-order valence-electron chi connectivity index (χ1n) is 7.32. The van der Waals surface area contributed by atoms with Crippen LogP contribution in [0.25, 0.3) is 0 Å². The highest BCUT2D eigenvalue weighted by Gasteiger charge is 2.45. The van der Waals surface area contributed by atoms with Crippen LogP contribution in [0.5, 0.6) is 0 Å². The van der Waals surface area contributed by atoms with Gasteiger partial charge in [0.2, 0.25) is 5.91 Å². The van der Waals surface area contributed by atoms with E-state index in [0.29, 0.717) is 15.1 Å². The highest BCUT2D eigenvalue weighted by Crippen LogP contribution is 2.50. The number of hydrogen-bond donors (Lipinski definition) is 1. The topological polar surface area (TPSA) is 42.0 Å². The summed E-state index contributed by atoms with van der Waals surface area (Å²) >= 11 is 17.9. The quantitative estimate of drug-likeness (QED) is 0.822. The minimum absolute atomic E-state index is 0.0188. The Morgan fingerprint density at radius 3 is 2.61 bits per heavy atom. The second-order valence-corrected chi connectivity index (χ2v) is 7.03. The van der Waals surface area contributed by atoms with E-state index in [-0.39, 0.29) is 23.8 Å². The Bertz CT molecular complexity index is 733. The molecule has 1 heterocycles. The summed E-state index contributed by atoms with van der Waals surface area (Å²) in [6.45, 7) is 1.90. The summed E-state index contributed by atoms with van der Waals surface area (Å²) in [5, 5.41) is 4.79. The number of carbonyl (C=O) groups is 1. The van der Waals surface area contributed by atoms with Crippen molar-refractivity contribution in [2.45, 2.75) is 25.3 Å². The third kappa shape index (κ3) is 3.79. The minimum atomic E-state index is -0.165. The largest absolute Gasteiger partial charge is 0.348 e. The highest BCUT2D eigenvalue weighted by atomic mass is 35.5. The first-order valence-corrected chi connectivity index (χ1v) is 8.46. The lowest BCUT2D eigenvalue weighted by atomic mass is 10.1. The van der Waals surface area contributed by atoms with Crippen LogP contribution in [-0.2, 0) is 4.79 Å². The number of aromatic nitrogens is 1. The second-order valence-electron chi connectivity index (χ2n) is 5.75. The number of halogens is 3. The van der Waals surface area contributed by atoms with Crippen molar-refractivity contribution in [2.75, 3.05) is 0 Å². The molecule has 120 valence electrons. The molecule has 2 aromatic rings. The number of nitrogens with one attached hydrogen (secondary N) is 1. The molecule has 1 aliphatic rings. The predicted molar refractivity (Wildman–Crippen MR) is 93.1 cm³/mol. The fourth-order valence-corrected chi connectivity index (χ4v) is 3.33. The van der Waals surface area contributed by atoms with Crippen LogP contribution in [0.15, 0.2) is 36.5 Å². The van der Waals surface area contributed by atoms with Gasteiger partial charge in [-0.25, -0.2) is 0 Å². The molecule has 1 amide bonds. The van der Waals surface area contributed by atoms with Crippen molar-refractivity contribution in [3.05, 3.63) is 62.9 Å². The van der Waals surface area contributed by atoms with Gasteiger partial charge in [-0.15, -0.1) is 0 Å². The summed E-state index contributed by atoms with van der Waals surface area (Å²) in [6, 6.07) is 8.82. The van der Waals surface area contributed by atoms with Gasteiger partial charge < -0.3 is 5.32 Å². The van der Waals surface area contributed by atoms with E-state index in [1.165, 1.54) is 0 Å². The van der Waals surface area contributed by atoms with Crippen molar-refractivity contribution in [3.8, 4) is 0 Å². The molecule has 1 aromatic carbocycles. The number of benzene rings is 1. The van der Waals surface area contributed by atoms with Gasteiger partial charge in [0.15, 0.2) is 0 Å². The third-order valence-electron chi connectivity index (χ3n) is 4.04. The van der Waals surface area contributed by atoms with Crippen molar-refractivity contribution in [3.63, 3.8) is 0 Å². The van der Waals surface area contributed by atoms with Crippen molar-refractivity contribution >= 4 is 40.7 Å². The molecule has 1 aliphatic carbocycles. The van der Waals surface area contributed by atoms with Gasteiger partial charge in [-0.05, 0) is 49.1 Å². The van der Waals surface area contributed by atoms with Crippen molar-refractivity contribution in [2.24, 2.45) is 5.92 Å². The first kappa shape index (κ1) is 16.6. The number of rotatable bonds is 4. The van der Waals surface area contributed by atoms with Crippen LogP contribution in [0.3, 0.4) is 0 Å². The average molecular weight is 370 g/mol. The van der Waals surface area contributed by atoms with Gasteiger partial charge in [-0.2, -0.15) is 0 Å². The molecular weight excluding hydrogens is 355 g/mol. The van der Waals surface area contributed by atoms with Gasteiger partial charge in [-0.3, -0.25) is 9.78 Å². The van der Waals surface area contributed by atoms with E-state index in [2.05, 4.69) is 10.3 Å². The molecule has 23 heavy (non-hydrogen) atoms. The van der Waals surface area contributed by atoms with E-state index in [0.717, 1.165) is 17.7 Å². The van der Waals surface area contributed by atoms with Gasteiger partial charge in [0.1, 0.15) is 0 Å².